The highest BCUT2D eigenvalue weighted by atomic mass is 16.1. The van der Waals surface area contributed by atoms with Crippen LogP contribution >= 0.6 is 0 Å². The third kappa shape index (κ3) is 2.40. The molecule has 88 valence electrons. The molecule has 0 aromatic carbocycles. The number of hydrogen-bond donors (Lipinski definition) is 0. The van der Waals surface area contributed by atoms with Crippen molar-refractivity contribution < 1.29 is 4.79 Å². The molecule has 0 bridgehead atoms. The number of carbonyl (C=O) groups excluding carboxylic acids is 1. The maximum Gasteiger partial charge on any atom is 0.149 e. The molecule has 2 atom stereocenters. The molecule has 15 heavy (non-hydrogen) atoms. The normalized spacial score (nSPS) is 28.7. The van der Waals surface area contributed by atoms with E-state index in [-0.39, 0.29) is 5.54 Å². The first kappa shape index (κ1) is 12.7. The summed E-state index contributed by atoms with van der Waals surface area (Å²) in [6, 6.07) is 0.470. The lowest BCUT2D eigenvalue weighted by molar-refractivity contribution is -0.131. The van der Waals surface area contributed by atoms with Crippen molar-refractivity contribution in [3.63, 3.8) is 0 Å². The average Bonchev–Trinajstić information content (AvgIpc) is 2.16. The van der Waals surface area contributed by atoms with Crippen LogP contribution in [0.4, 0.5) is 0 Å². The second-order valence-electron chi connectivity index (χ2n) is 4.99. The van der Waals surface area contributed by atoms with Gasteiger partial charge in [0.15, 0.2) is 0 Å². The summed E-state index contributed by atoms with van der Waals surface area (Å²) in [5.41, 5.74) is -0.263. The van der Waals surface area contributed by atoms with Gasteiger partial charge in [-0.25, -0.2) is 0 Å². The van der Waals surface area contributed by atoms with Crippen LogP contribution in [0.3, 0.4) is 0 Å². The van der Waals surface area contributed by atoms with Crippen molar-refractivity contribution in [2.75, 3.05) is 26.7 Å². The number of Topliss-reactive ketones (excluding diaryl/α,β-unsaturated/α-hetero) is 1. The minimum atomic E-state index is -0.263. The molecular formula is C12H24N2O. The van der Waals surface area contributed by atoms with Crippen molar-refractivity contribution in [3.05, 3.63) is 0 Å². The summed E-state index contributed by atoms with van der Waals surface area (Å²) in [4.78, 5) is 16.5. The number of hydrogen-bond acceptors (Lipinski definition) is 3. The molecule has 0 aromatic heterocycles. The Kier molecular flexibility index (Phi) is 3.90. The molecule has 0 N–H and O–H groups in total. The highest BCUT2D eigenvalue weighted by Crippen LogP contribution is 2.25. The standard InChI is InChI=1S/C12H24N2O/c1-6-12(4,11(3)15)14-8-7-13(5)9-10(14)2/h10H,6-9H2,1-5H3. The van der Waals surface area contributed by atoms with Crippen LogP contribution in [-0.4, -0.2) is 53.8 Å². The lowest BCUT2D eigenvalue weighted by Crippen LogP contribution is -2.61. The van der Waals surface area contributed by atoms with E-state index in [1.54, 1.807) is 6.92 Å². The molecule has 1 saturated heterocycles. The second-order valence-corrected chi connectivity index (χ2v) is 4.99. The average molecular weight is 212 g/mol. The Morgan fingerprint density at radius 3 is 2.47 bits per heavy atom. The fourth-order valence-electron chi connectivity index (χ4n) is 2.53. The number of nitrogens with zero attached hydrogens (tertiary/aromatic N) is 2. The van der Waals surface area contributed by atoms with E-state index in [0.29, 0.717) is 11.8 Å². The molecule has 0 radical (unpaired) electrons. The van der Waals surface area contributed by atoms with Crippen LogP contribution in [0.25, 0.3) is 0 Å². The second kappa shape index (κ2) is 4.62. The summed E-state index contributed by atoms with van der Waals surface area (Å²) in [7, 11) is 2.14. The van der Waals surface area contributed by atoms with Crippen molar-refractivity contribution >= 4 is 5.78 Å². The fraction of sp³-hybridized carbons (Fsp3) is 0.917. The van der Waals surface area contributed by atoms with Gasteiger partial charge in [0.05, 0.1) is 5.54 Å². The number of piperazine rings is 1. The van der Waals surface area contributed by atoms with E-state index in [2.05, 4.69) is 37.6 Å². The topological polar surface area (TPSA) is 23.6 Å². The van der Waals surface area contributed by atoms with Gasteiger partial charge in [0.25, 0.3) is 0 Å². The Morgan fingerprint density at radius 1 is 1.47 bits per heavy atom. The van der Waals surface area contributed by atoms with Gasteiger partial charge < -0.3 is 4.90 Å². The summed E-state index contributed by atoms with van der Waals surface area (Å²) in [6.07, 6.45) is 0.899. The SMILES string of the molecule is CCC(C)(C(C)=O)N1CCN(C)CC1C. The highest BCUT2D eigenvalue weighted by molar-refractivity contribution is 5.85. The van der Waals surface area contributed by atoms with Crippen molar-refractivity contribution in [1.82, 2.24) is 9.80 Å². The lowest BCUT2D eigenvalue weighted by atomic mass is 9.89. The Hall–Kier alpha value is -0.410. The Labute approximate surface area is 93.4 Å². The first-order chi connectivity index (χ1) is 6.91. The molecule has 1 aliphatic heterocycles. The predicted octanol–water partition coefficient (Wildman–Crippen LogP) is 1.38. The maximum atomic E-state index is 11.8. The molecule has 1 aliphatic rings. The molecular weight excluding hydrogens is 188 g/mol. The van der Waals surface area contributed by atoms with E-state index in [0.717, 1.165) is 26.1 Å². The monoisotopic (exact) mass is 212 g/mol. The smallest absolute Gasteiger partial charge is 0.149 e. The van der Waals surface area contributed by atoms with Crippen LogP contribution in [0, 0.1) is 0 Å². The van der Waals surface area contributed by atoms with E-state index in [9.17, 15) is 4.79 Å². The summed E-state index contributed by atoms with van der Waals surface area (Å²) in [5, 5.41) is 0. The van der Waals surface area contributed by atoms with Crippen molar-refractivity contribution in [1.29, 1.82) is 0 Å². The zero-order valence-corrected chi connectivity index (χ0v) is 10.7. The molecule has 3 nitrogen and oxygen atoms in total. The summed E-state index contributed by atoms with van der Waals surface area (Å²) in [5.74, 6) is 0.293. The minimum Gasteiger partial charge on any atom is -0.304 e. The zero-order valence-electron chi connectivity index (χ0n) is 10.7. The first-order valence-corrected chi connectivity index (χ1v) is 5.88. The van der Waals surface area contributed by atoms with E-state index >= 15 is 0 Å². The molecule has 1 fully saturated rings. The van der Waals surface area contributed by atoms with Gasteiger partial charge in [0.1, 0.15) is 5.78 Å². The first-order valence-electron chi connectivity index (χ1n) is 5.88. The van der Waals surface area contributed by atoms with Crippen molar-refractivity contribution in [2.24, 2.45) is 0 Å². The van der Waals surface area contributed by atoms with Crippen molar-refractivity contribution in [2.45, 2.75) is 45.7 Å². The molecule has 0 spiro atoms. The molecule has 0 amide bonds. The number of ketones is 1. The molecule has 0 aliphatic carbocycles. The van der Waals surface area contributed by atoms with Gasteiger partial charge in [0, 0.05) is 25.7 Å². The van der Waals surface area contributed by atoms with Crippen LogP contribution in [0.2, 0.25) is 0 Å². The Morgan fingerprint density at radius 2 is 2.07 bits per heavy atom. The van der Waals surface area contributed by atoms with Gasteiger partial charge in [-0.3, -0.25) is 9.69 Å². The molecule has 1 rings (SSSR count). The van der Waals surface area contributed by atoms with E-state index in [1.807, 2.05) is 0 Å². The Bertz CT molecular complexity index is 242. The zero-order chi connectivity index (χ0) is 11.6. The summed E-state index contributed by atoms with van der Waals surface area (Å²) in [6.45, 7) is 11.2. The number of carbonyl (C=O) groups is 1. The van der Waals surface area contributed by atoms with Gasteiger partial charge in [-0.15, -0.1) is 0 Å². The van der Waals surface area contributed by atoms with Gasteiger partial charge in [-0.2, -0.15) is 0 Å². The van der Waals surface area contributed by atoms with E-state index < -0.39 is 0 Å². The van der Waals surface area contributed by atoms with Crippen LogP contribution in [-0.2, 0) is 4.79 Å². The third-order valence-corrected chi connectivity index (χ3v) is 3.91. The predicted molar refractivity (Wildman–Crippen MR) is 63.0 cm³/mol. The fourth-order valence-corrected chi connectivity index (χ4v) is 2.53. The molecule has 2 unspecified atom stereocenters. The largest absolute Gasteiger partial charge is 0.304 e. The molecule has 3 heteroatoms. The van der Waals surface area contributed by atoms with Crippen LogP contribution in [0.1, 0.15) is 34.1 Å². The van der Waals surface area contributed by atoms with Crippen LogP contribution in [0.5, 0.6) is 0 Å². The van der Waals surface area contributed by atoms with Gasteiger partial charge >= 0.3 is 0 Å². The number of rotatable bonds is 3. The molecule has 1 heterocycles. The van der Waals surface area contributed by atoms with Gasteiger partial charge in [-0.1, -0.05) is 6.92 Å². The minimum absolute atomic E-state index is 0.263. The van der Waals surface area contributed by atoms with E-state index in [4.69, 9.17) is 0 Å². The van der Waals surface area contributed by atoms with E-state index in [1.165, 1.54) is 0 Å². The summed E-state index contributed by atoms with van der Waals surface area (Å²) < 4.78 is 0. The third-order valence-electron chi connectivity index (χ3n) is 3.91. The summed E-state index contributed by atoms with van der Waals surface area (Å²) >= 11 is 0. The number of likely N-dealkylation sites (N-methyl/N-ethyl adjacent to an activating group) is 1. The quantitative estimate of drug-likeness (QED) is 0.706. The Balaban J connectivity index is 2.81. The maximum absolute atomic E-state index is 11.8. The molecule has 0 saturated carbocycles. The van der Waals surface area contributed by atoms with Crippen molar-refractivity contribution in [3.8, 4) is 0 Å². The lowest BCUT2D eigenvalue weighted by Gasteiger charge is -2.47. The molecule has 0 aromatic rings. The highest BCUT2D eigenvalue weighted by Gasteiger charge is 2.39. The van der Waals surface area contributed by atoms with Gasteiger partial charge in [-0.05, 0) is 34.2 Å². The van der Waals surface area contributed by atoms with Crippen LogP contribution in [0.15, 0.2) is 0 Å². The van der Waals surface area contributed by atoms with Crippen LogP contribution < -0.4 is 0 Å². The van der Waals surface area contributed by atoms with Gasteiger partial charge in [0.2, 0.25) is 0 Å².